The highest BCUT2D eigenvalue weighted by Gasteiger charge is 2.17. The summed E-state index contributed by atoms with van der Waals surface area (Å²) in [6.45, 7) is 0. The van der Waals surface area contributed by atoms with E-state index in [4.69, 9.17) is 21.8 Å². The monoisotopic (exact) mass is 259 g/mol. The molecule has 0 fully saturated rings. The fourth-order valence-electron chi connectivity index (χ4n) is 2.34. The maximum Gasteiger partial charge on any atom is 0.198 e. The van der Waals surface area contributed by atoms with Gasteiger partial charge >= 0.3 is 0 Å². The van der Waals surface area contributed by atoms with Crippen LogP contribution in [0.4, 0.5) is 5.88 Å². The number of halogens is 1. The number of aryl methyl sites for hydroxylation is 1. The van der Waals surface area contributed by atoms with E-state index in [9.17, 15) is 0 Å². The third kappa shape index (κ3) is 2.04. The van der Waals surface area contributed by atoms with E-state index in [1.807, 2.05) is 18.2 Å². The summed E-state index contributed by atoms with van der Waals surface area (Å²) in [4.78, 5) is 0. The molecule has 0 aliphatic heterocycles. The van der Waals surface area contributed by atoms with Crippen molar-refractivity contribution < 1.29 is 4.42 Å². The van der Waals surface area contributed by atoms with Crippen LogP contribution in [-0.4, -0.2) is 0 Å². The number of hydrogen-bond acceptors (Lipinski definition) is 2. The van der Waals surface area contributed by atoms with Gasteiger partial charge in [-0.2, -0.15) is 0 Å². The molecule has 0 saturated carbocycles. The van der Waals surface area contributed by atoms with E-state index in [-0.39, 0.29) is 0 Å². The molecule has 0 bridgehead atoms. The Morgan fingerprint density at radius 2 is 2.17 bits per heavy atom. The van der Waals surface area contributed by atoms with Gasteiger partial charge in [-0.15, -0.1) is 0 Å². The average Bonchev–Trinajstić information content (AvgIpc) is 2.66. The minimum Gasteiger partial charge on any atom is -0.445 e. The number of allylic oxidation sites excluding steroid dienone is 6. The van der Waals surface area contributed by atoms with Gasteiger partial charge in [0.15, 0.2) is 5.88 Å². The van der Waals surface area contributed by atoms with E-state index in [2.05, 4.69) is 18.2 Å². The maximum atomic E-state index is 6.00. The Labute approximate surface area is 111 Å². The normalized spacial score (nSPS) is 20.1. The van der Waals surface area contributed by atoms with Crippen LogP contribution in [0.25, 0.3) is 12.2 Å². The van der Waals surface area contributed by atoms with Crippen LogP contribution in [0.5, 0.6) is 0 Å². The lowest BCUT2D eigenvalue weighted by atomic mass is 9.98. The second kappa shape index (κ2) is 4.54. The third-order valence-corrected chi connectivity index (χ3v) is 3.43. The summed E-state index contributed by atoms with van der Waals surface area (Å²) < 4.78 is 5.62. The van der Waals surface area contributed by atoms with Crippen LogP contribution < -0.4 is 5.73 Å². The van der Waals surface area contributed by atoms with Gasteiger partial charge < -0.3 is 10.2 Å². The molecule has 0 radical (unpaired) electrons. The first kappa shape index (κ1) is 11.4. The van der Waals surface area contributed by atoms with Gasteiger partial charge in [0.2, 0.25) is 0 Å². The highest BCUT2D eigenvalue weighted by Crippen LogP contribution is 2.33. The number of rotatable bonds is 1. The van der Waals surface area contributed by atoms with Crippen molar-refractivity contribution in [1.82, 2.24) is 0 Å². The van der Waals surface area contributed by atoms with Crippen molar-refractivity contribution in [1.29, 1.82) is 0 Å². The molecular formula is C15H14ClNO. The minimum atomic E-state index is 0.498. The molecule has 0 spiro atoms. The van der Waals surface area contributed by atoms with Gasteiger partial charge in [-0.25, -0.2) is 0 Å². The Kier molecular flexibility index (Phi) is 2.88. The van der Waals surface area contributed by atoms with Crippen LogP contribution in [0.1, 0.15) is 29.7 Å². The van der Waals surface area contributed by atoms with Gasteiger partial charge in [-0.1, -0.05) is 29.8 Å². The predicted octanol–water partition coefficient (Wildman–Crippen LogP) is 4.29. The first-order chi connectivity index (χ1) is 8.74. The van der Waals surface area contributed by atoms with Crippen molar-refractivity contribution in [3.8, 4) is 0 Å². The van der Waals surface area contributed by atoms with Gasteiger partial charge in [-0.05, 0) is 36.6 Å². The lowest BCUT2D eigenvalue weighted by Gasteiger charge is -2.06. The summed E-state index contributed by atoms with van der Waals surface area (Å²) in [6, 6.07) is 0. The van der Waals surface area contributed by atoms with Crippen LogP contribution in [0.3, 0.4) is 0 Å². The molecule has 1 heterocycles. The van der Waals surface area contributed by atoms with E-state index in [0.29, 0.717) is 5.88 Å². The molecule has 3 heteroatoms. The first-order valence-corrected chi connectivity index (χ1v) is 6.44. The molecule has 1 aromatic heterocycles. The Bertz CT molecular complexity index is 602. The van der Waals surface area contributed by atoms with Crippen molar-refractivity contribution in [2.45, 2.75) is 19.3 Å². The highest BCUT2D eigenvalue weighted by atomic mass is 35.5. The average molecular weight is 260 g/mol. The molecule has 0 unspecified atom stereocenters. The topological polar surface area (TPSA) is 39.2 Å². The Hall–Kier alpha value is -1.67. The summed E-state index contributed by atoms with van der Waals surface area (Å²) in [5.74, 6) is 1.49. The van der Waals surface area contributed by atoms with Crippen LogP contribution in [0.2, 0.25) is 0 Å². The molecule has 18 heavy (non-hydrogen) atoms. The molecule has 3 rings (SSSR count). The Morgan fingerprint density at radius 3 is 3.00 bits per heavy atom. The molecule has 0 aromatic carbocycles. The molecule has 2 aliphatic carbocycles. The SMILES string of the molecule is Nc1oc2c(c1/C=C1/C=C(Cl)C=CC1)C=CCC2. The molecule has 0 amide bonds. The van der Waals surface area contributed by atoms with Gasteiger partial charge in [0.1, 0.15) is 5.76 Å². The second-order valence-corrected chi connectivity index (χ2v) is 4.95. The molecule has 0 saturated heterocycles. The summed E-state index contributed by atoms with van der Waals surface area (Å²) in [5.41, 5.74) is 9.20. The van der Waals surface area contributed by atoms with Crippen molar-refractivity contribution in [3.63, 3.8) is 0 Å². The minimum absolute atomic E-state index is 0.498. The highest BCUT2D eigenvalue weighted by molar-refractivity contribution is 6.31. The summed E-state index contributed by atoms with van der Waals surface area (Å²) in [6.07, 6.45) is 15.1. The zero-order valence-electron chi connectivity index (χ0n) is 9.95. The molecule has 2 N–H and O–H groups in total. The Morgan fingerprint density at radius 1 is 1.28 bits per heavy atom. The number of furan rings is 1. The fourth-order valence-corrected chi connectivity index (χ4v) is 2.57. The van der Waals surface area contributed by atoms with Crippen molar-refractivity contribution in [2.24, 2.45) is 0 Å². The van der Waals surface area contributed by atoms with E-state index in [1.165, 1.54) is 0 Å². The van der Waals surface area contributed by atoms with E-state index < -0.39 is 0 Å². The quantitative estimate of drug-likeness (QED) is 0.817. The van der Waals surface area contributed by atoms with E-state index in [1.54, 1.807) is 0 Å². The standard InChI is InChI=1S/C15H14ClNO/c16-11-5-3-4-10(8-11)9-13-12-6-1-2-7-14(12)18-15(13)17/h1,3,5-6,8-9H,2,4,7,17H2/b10-9+. The number of hydrogen-bond donors (Lipinski definition) is 1. The third-order valence-electron chi connectivity index (χ3n) is 3.20. The summed E-state index contributed by atoms with van der Waals surface area (Å²) >= 11 is 6.00. The largest absolute Gasteiger partial charge is 0.445 e. The first-order valence-electron chi connectivity index (χ1n) is 6.06. The molecule has 2 aliphatic rings. The molecule has 2 nitrogen and oxygen atoms in total. The summed E-state index contributed by atoms with van der Waals surface area (Å²) in [5, 5.41) is 0.749. The lowest BCUT2D eigenvalue weighted by Crippen LogP contribution is -1.91. The van der Waals surface area contributed by atoms with Crippen LogP contribution in [0.15, 0.2) is 39.3 Å². The zero-order chi connectivity index (χ0) is 12.5. The molecule has 92 valence electrons. The zero-order valence-corrected chi connectivity index (χ0v) is 10.7. The molecular weight excluding hydrogens is 246 g/mol. The van der Waals surface area contributed by atoms with Gasteiger partial charge in [-0.3, -0.25) is 0 Å². The molecule has 1 aromatic rings. The van der Waals surface area contributed by atoms with Crippen LogP contribution in [-0.2, 0) is 6.42 Å². The number of nitrogen functional groups attached to an aromatic ring is 1. The van der Waals surface area contributed by atoms with Gasteiger partial charge in [0.05, 0.1) is 0 Å². The van der Waals surface area contributed by atoms with Crippen LogP contribution >= 0.6 is 11.6 Å². The smallest absolute Gasteiger partial charge is 0.198 e. The number of anilines is 1. The predicted molar refractivity (Wildman–Crippen MR) is 76.1 cm³/mol. The van der Waals surface area contributed by atoms with E-state index in [0.717, 1.165) is 46.8 Å². The van der Waals surface area contributed by atoms with Crippen LogP contribution in [0, 0.1) is 0 Å². The van der Waals surface area contributed by atoms with Crippen molar-refractivity contribution in [3.05, 3.63) is 51.8 Å². The second-order valence-electron chi connectivity index (χ2n) is 4.51. The summed E-state index contributed by atoms with van der Waals surface area (Å²) in [7, 11) is 0. The lowest BCUT2D eigenvalue weighted by molar-refractivity contribution is 0.524. The maximum absolute atomic E-state index is 6.00. The van der Waals surface area contributed by atoms with Crippen molar-refractivity contribution in [2.75, 3.05) is 5.73 Å². The molecule has 0 atom stereocenters. The van der Waals surface area contributed by atoms with Gasteiger partial charge in [0, 0.05) is 22.6 Å². The van der Waals surface area contributed by atoms with Gasteiger partial charge in [0.25, 0.3) is 0 Å². The van der Waals surface area contributed by atoms with Crippen molar-refractivity contribution >= 4 is 29.6 Å². The number of nitrogens with two attached hydrogens (primary N) is 1. The fraction of sp³-hybridized carbons (Fsp3) is 0.200. The Balaban J connectivity index is 2.04. The van der Waals surface area contributed by atoms with E-state index >= 15 is 0 Å². The number of fused-ring (bicyclic) bond motifs is 1.